The number of anilines is 1. The second kappa shape index (κ2) is 5.73. The summed E-state index contributed by atoms with van der Waals surface area (Å²) in [6.45, 7) is 0.0447. The highest BCUT2D eigenvalue weighted by molar-refractivity contribution is 7.92. The van der Waals surface area contributed by atoms with Crippen molar-refractivity contribution in [3.8, 4) is 5.75 Å². The smallest absolute Gasteiger partial charge is 0.323 e. The van der Waals surface area contributed by atoms with E-state index >= 15 is 0 Å². The summed E-state index contributed by atoms with van der Waals surface area (Å²) in [7, 11) is -2.44. The SMILES string of the molecule is COc1ccc2c(c1)N(S(=O)(=O)c1ccc3[nH]c(=O)[nH]c3c1)CCC2=O. The van der Waals surface area contributed by atoms with Crippen molar-refractivity contribution in [2.24, 2.45) is 0 Å². The quantitative estimate of drug-likeness (QED) is 0.725. The Bertz CT molecular complexity index is 1190. The van der Waals surface area contributed by atoms with Crippen LogP contribution in [0.2, 0.25) is 0 Å². The number of benzene rings is 2. The van der Waals surface area contributed by atoms with Crippen LogP contribution in [-0.4, -0.2) is 37.8 Å². The Kier molecular flexibility index (Phi) is 3.62. The van der Waals surface area contributed by atoms with E-state index in [1.165, 1.54) is 29.6 Å². The van der Waals surface area contributed by atoms with Gasteiger partial charge < -0.3 is 14.7 Å². The Labute approximate surface area is 148 Å². The number of aromatic amines is 2. The highest BCUT2D eigenvalue weighted by Crippen LogP contribution is 2.35. The summed E-state index contributed by atoms with van der Waals surface area (Å²) in [6.07, 6.45) is 0.0990. The van der Waals surface area contributed by atoms with E-state index in [1.54, 1.807) is 18.2 Å². The van der Waals surface area contributed by atoms with Crippen LogP contribution in [0.4, 0.5) is 5.69 Å². The molecule has 0 amide bonds. The minimum atomic E-state index is -3.92. The molecule has 0 saturated heterocycles. The standard InChI is InChI=1S/C17H15N3O5S/c1-25-10-2-4-12-15(8-10)20(7-6-16(12)21)26(23,24)11-3-5-13-14(9-11)19-17(22)18-13/h2-5,8-9H,6-7H2,1H3,(H2,18,19,22). The highest BCUT2D eigenvalue weighted by atomic mass is 32.2. The minimum absolute atomic E-state index is 0.0309. The number of Topliss-reactive ketones (excluding diaryl/α,β-unsaturated/α-hetero) is 1. The molecule has 9 heteroatoms. The molecule has 1 aromatic heterocycles. The Morgan fingerprint density at radius 3 is 2.58 bits per heavy atom. The maximum atomic E-state index is 13.2. The minimum Gasteiger partial charge on any atom is -0.497 e. The van der Waals surface area contributed by atoms with Crippen molar-refractivity contribution in [3.05, 3.63) is 52.4 Å². The van der Waals surface area contributed by atoms with Crippen molar-refractivity contribution in [2.75, 3.05) is 18.0 Å². The molecule has 0 aliphatic carbocycles. The summed E-state index contributed by atoms with van der Waals surface area (Å²) >= 11 is 0. The zero-order valence-corrected chi connectivity index (χ0v) is 14.6. The topological polar surface area (TPSA) is 112 Å². The number of ether oxygens (including phenoxy) is 1. The number of carbonyl (C=O) groups is 1. The molecule has 0 unspecified atom stereocenters. The lowest BCUT2D eigenvalue weighted by Gasteiger charge is -2.30. The molecule has 2 N–H and O–H groups in total. The number of imidazole rings is 1. The predicted octanol–water partition coefficient (Wildman–Crippen LogP) is 1.65. The first-order valence-corrected chi connectivity index (χ1v) is 9.30. The van der Waals surface area contributed by atoms with Gasteiger partial charge in [0.15, 0.2) is 5.78 Å². The summed E-state index contributed by atoms with van der Waals surface area (Å²) in [5.74, 6) is 0.351. The Balaban J connectivity index is 1.86. The number of sulfonamides is 1. The summed E-state index contributed by atoms with van der Waals surface area (Å²) in [5.41, 5.74) is 1.15. The first-order chi connectivity index (χ1) is 12.4. The average molecular weight is 373 g/mol. The Morgan fingerprint density at radius 2 is 1.81 bits per heavy atom. The molecule has 134 valence electrons. The van der Waals surface area contributed by atoms with Gasteiger partial charge in [0.2, 0.25) is 0 Å². The molecule has 0 radical (unpaired) electrons. The molecular formula is C17H15N3O5S. The van der Waals surface area contributed by atoms with E-state index in [4.69, 9.17) is 4.74 Å². The first-order valence-electron chi connectivity index (χ1n) is 7.86. The second-order valence-electron chi connectivity index (χ2n) is 5.92. The normalized spacial score (nSPS) is 14.5. The molecule has 0 spiro atoms. The van der Waals surface area contributed by atoms with Crippen molar-refractivity contribution in [1.82, 2.24) is 9.97 Å². The number of hydrogen-bond donors (Lipinski definition) is 2. The largest absolute Gasteiger partial charge is 0.497 e. The molecule has 2 aromatic carbocycles. The highest BCUT2D eigenvalue weighted by Gasteiger charge is 2.33. The van der Waals surface area contributed by atoms with Gasteiger partial charge in [-0.25, -0.2) is 13.2 Å². The fraction of sp³-hybridized carbons (Fsp3) is 0.176. The molecule has 0 saturated carbocycles. The van der Waals surface area contributed by atoms with Crippen LogP contribution in [0.1, 0.15) is 16.8 Å². The van der Waals surface area contributed by atoms with E-state index < -0.39 is 15.7 Å². The molecule has 1 aliphatic heterocycles. The molecule has 2 heterocycles. The molecule has 4 rings (SSSR count). The van der Waals surface area contributed by atoms with Crippen molar-refractivity contribution < 1.29 is 17.9 Å². The Morgan fingerprint density at radius 1 is 1.04 bits per heavy atom. The van der Waals surface area contributed by atoms with Gasteiger partial charge in [-0.2, -0.15) is 0 Å². The fourth-order valence-corrected chi connectivity index (χ4v) is 4.59. The summed E-state index contributed by atoms with van der Waals surface area (Å²) in [5, 5.41) is 0. The molecular weight excluding hydrogens is 358 g/mol. The zero-order chi connectivity index (χ0) is 18.5. The average Bonchev–Trinajstić information content (AvgIpc) is 3.00. The summed E-state index contributed by atoms with van der Waals surface area (Å²) < 4.78 is 32.7. The van der Waals surface area contributed by atoms with E-state index in [1.807, 2.05) is 0 Å². The van der Waals surface area contributed by atoms with E-state index in [2.05, 4.69) is 9.97 Å². The van der Waals surface area contributed by atoms with Crippen LogP contribution in [0.5, 0.6) is 5.75 Å². The third-order valence-corrected chi connectivity index (χ3v) is 6.20. The number of methoxy groups -OCH3 is 1. The number of fused-ring (bicyclic) bond motifs is 2. The number of nitrogens with zero attached hydrogens (tertiary/aromatic N) is 1. The van der Waals surface area contributed by atoms with Gasteiger partial charge in [0.1, 0.15) is 5.75 Å². The van der Waals surface area contributed by atoms with Crippen LogP contribution in [0, 0.1) is 0 Å². The van der Waals surface area contributed by atoms with E-state index in [9.17, 15) is 18.0 Å². The lowest BCUT2D eigenvalue weighted by Crippen LogP contribution is -2.37. The molecule has 3 aromatic rings. The van der Waals surface area contributed by atoms with E-state index in [-0.39, 0.29) is 23.6 Å². The predicted molar refractivity (Wildman–Crippen MR) is 95.4 cm³/mol. The number of H-pyrrole nitrogens is 2. The van der Waals surface area contributed by atoms with E-state index in [0.29, 0.717) is 28.0 Å². The van der Waals surface area contributed by atoms with Crippen molar-refractivity contribution in [2.45, 2.75) is 11.3 Å². The zero-order valence-electron chi connectivity index (χ0n) is 13.8. The van der Waals surface area contributed by atoms with Gasteiger partial charge in [-0.05, 0) is 30.3 Å². The first kappa shape index (κ1) is 16.4. The fourth-order valence-electron chi connectivity index (χ4n) is 3.09. The number of hydrogen-bond acceptors (Lipinski definition) is 5. The Hall–Kier alpha value is -3.07. The second-order valence-corrected chi connectivity index (χ2v) is 7.78. The lowest BCUT2D eigenvalue weighted by atomic mass is 10.0. The van der Waals surface area contributed by atoms with Crippen LogP contribution in [0.15, 0.2) is 46.1 Å². The molecule has 1 aliphatic rings. The van der Waals surface area contributed by atoms with Crippen molar-refractivity contribution in [1.29, 1.82) is 0 Å². The van der Waals surface area contributed by atoms with Crippen LogP contribution < -0.4 is 14.7 Å². The van der Waals surface area contributed by atoms with E-state index in [0.717, 1.165) is 0 Å². The molecule has 0 fully saturated rings. The van der Waals surface area contributed by atoms with Crippen LogP contribution in [0.25, 0.3) is 11.0 Å². The van der Waals surface area contributed by atoms with Gasteiger partial charge in [-0.1, -0.05) is 0 Å². The third kappa shape index (κ3) is 2.48. The molecule has 0 atom stereocenters. The van der Waals surface area contributed by atoms with Crippen LogP contribution in [0.3, 0.4) is 0 Å². The number of carbonyl (C=O) groups excluding carboxylic acids is 1. The van der Waals surface area contributed by atoms with Gasteiger partial charge in [-0.3, -0.25) is 9.10 Å². The maximum absolute atomic E-state index is 13.2. The molecule has 26 heavy (non-hydrogen) atoms. The molecule has 0 bridgehead atoms. The third-order valence-electron chi connectivity index (χ3n) is 4.39. The summed E-state index contributed by atoms with van der Waals surface area (Å²) in [6, 6.07) is 9.10. The summed E-state index contributed by atoms with van der Waals surface area (Å²) in [4.78, 5) is 28.7. The van der Waals surface area contributed by atoms with Gasteiger partial charge in [-0.15, -0.1) is 0 Å². The van der Waals surface area contributed by atoms with Crippen molar-refractivity contribution >= 4 is 32.5 Å². The van der Waals surface area contributed by atoms with Crippen LogP contribution in [-0.2, 0) is 10.0 Å². The maximum Gasteiger partial charge on any atom is 0.323 e. The van der Waals surface area contributed by atoms with Gasteiger partial charge in [0.05, 0.1) is 28.7 Å². The monoisotopic (exact) mass is 373 g/mol. The number of aromatic nitrogens is 2. The number of nitrogens with one attached hydrogen (secondary N) is 2. The molecule has 8 nitrogen and oxygen atoms in total. The number of rotatable bonds is 3. The van der Waals surface area contributed by atoms with Gasteiger partial charge in [0, 0.05) is 24.6 Å². The lowest BCUT2D eigenvalue weighted by molar-refractivity contribution is 0.0982. The van der Waals surface area contributed by atoms with Gasteiger partial charge in [0.25, 0.3) is 10.0 Å². The van der Waals surface area contributed by atoms with Gasteiger partial charge >= 0.3 is 5.69 Å². The van der Waals surface area contributed by atoms with Crippen LogP contribution >= 0.6 is 0 Å². The number of ketones is 1. The van der Waals surface area contributed by atoms with Crippen molar-refractivity contribution in [3.63, 3.8) is 0 Å².